The van der Waals surface area contributed by atoms with Gasteiger partial charge in [0, 0.05) is 10.4 Å². The highest BCUT2D eigenvalue weighted by molar-refractivity contribution is 7.18. The molecule has 0 saturated carbocycles. The van der Waals surface area contributed by atoms with E-state index in [1.54, 1.807) is 17.4 Å². The zero-order chi connectivity index (χ0) is 10.1. The van der Waals surface area contributed by atoms with Crippen LogP contribution < -0.4 is 5.73 Å². The van der Waals surface area contributed by atoms with Crippen LogP contribution in [0.1, 0.15) is 9.67 Å². The Morgan fingerprint density at radius 1 is 1.50 bits per heavy atom. The van der Waals surface area contributed by atoms with Crippen molar-refractivity contribution in [2.45, 2.75) is 0 Å². The number of hydrogen-bond acceptors (Lipinski definition) is 4. The molecule has 0 bridgehead atoms. The van der Waals surface area contributed by atoms with Gasteiger partial charge in [-0.15, -0.1) is 11.3 Å². The van der Waals surface area contributed by atoms with Gasteiger partial charge in [0.25, 0.3) is 0 Å². The minimum absolute atomic E-state index is 0.214. The van der Waals surface area contributed by atoms with E-state index in [4.69, 9.17) is 10.8 Å². The molecule has 0 spiro atoms. The lowest BCUT2D eigenvalue weighted by molar-refractivity contribution is 0.0703. The molecule has 3 N–H and O–H groups in total. The normalized spacial score (nSPS) is 10.3. The number of rotatable bonds is 2. The summed E-state index contributed by atoms with van der Waals surface area (Å²) >= 11 is 2.78. The summed E-state index contributed by atoms with van der Waals surface area (Å²) in [5.74, 6) is -0.964. The second-order valence-corrected chi connectivity index (χ2v) is 4.54. The van der Waals surface area contributed by atoms with Gasteiger partial charge >= 0.3 is 5.97 Å². The molecule has 0 aromatic carbocycles. The van der Waals surface area contributed by atoms with Crippen molar-refractivity contribution in [3.8, 4) is 10.4 Å². The van der Waals surface area contributed by atoms with Crippen LogP contribution in [-0.2, 0) is 0 Å². The summed E-state index contributed by atoms with van der Waals surface area (Å²) < 4.78 is 0. The minimum atomic E-state index is -0.964. The van der Waals surface area contributed by atoms with Crippen LogP contribution >= 0.6 is 22.7 Å². The van der Waals surface area contributed by atoms with Crippen LogP contribution in [0.4, 0.5) is 5.69 Å². The predicted octanol–water partition coefficient (Wildman–Crippen LogP) is 2.76. The van der Waals surface area contributed by atoms with Crippen molar-refractivity contribution in [2.24, 2.45) is 0 Å². The molecule has 3 nitrogen and oxygen atoms in total. The fourth-order valence-corrected chi connectivity index (χ4v) is 2.76. The maximum absolute atomic E-state index is 10.7. The summed E-state index contributed by atoms with van der Waals surface area (Å²) in [5, 5.41) is 12.7. The monoisotopic (exact) mass is 225 g/mol. The van der Waals surface area contributed by atoms with E-state index in [1.807, 2.05) is 16.8 Å². The minimum Gasteiger partial charge on any atom is -0.477 e. The van der Waals surface area contributed by atoms with Crippen molar-refractivity contribution < 1.29 is 9.90 Å². The largest absolute Gasteiger partial charge is 0.477 e. The summed E-state index contributed by atoms with van der Waals surface area (Å²) in [6.07, 6.45) is 0. The number of carboxylic acid groups (broad SMARTS) is 1. The molecule has 0 amide bonds. The molecule has 0 atom stereocenters. The average molecular weight is 225 g/mol. The molecule has 0 aliphatic carbocycles. The van der Waals surface area contributed by atoms with Crippen molar-refractivity contribution in [1.29, 1.82) is 0 Å². The highest BCUT2D eigenvalue weighted by Gasteiger charge is 2.13. The molecule has 0 aliphatic rings. The van der Waals surface area contributed by atoms with Gasteiger partial charge in [0.15, 0.2) is 0 Å². The van der Waals surface area contributed by atoms with E-state index in [9.17, 15) is 4.79 Å². The fourth-order valence-electron chi connectivity index (χ4n) is 1.12. The first kappa shape index (κ1) is 9.23. The Morgan fingerprint density at radius 2 is 2.29 bits per heavy atom. The van der Waals surface area contributed by atoms with Gasteiger partial charge in [-0.05, 0) is 22.9 Å². The quantitative estimate of drug-likeness (QED) is 0.826. The van der Waals surface area contributed by atoms with Crippen LogP contribution in [0.2, 0.25) is 0 Å². The lowest BCUT2D eigenvalue weighted by atomic mass is 10.2. The summed E-state index contributed by atoms with van der Waals surface area (Å²) in [4.78, 5) is 11.9. The Hall–Kier alpha value is -1.33. The molecule has 2 aromatic heterocycles. The molecule has 14 heavy (non-hydrogen) atoms. The summed E-state index contributed by atoms with van der Waals surface area (Å²) in [5.41, 5.74) is 6.95. The van der Waals surface area contributed by atoms with Crippen LogP contribution in [-0.4, -0.2) is 11.1 Å². The van der Waals surface area contributed by atoms with Crippen molar-refractivity contribution in [2.75, 3.05) is 5.73 Å². The van der Waals surface area contributed by atoms with Crippen molar-refractivity contribution in [3.63, 3.8) is 0 Å². The SMILES string of the molecule is Nc1cc(-c2ccsc2)sc1C(=O)O. The van der Waals surface area contributed by atoms with Gasteiger partial charge < -0.3 is 10.8 Å². The zero-order valence-corrected chi connectivity index (χ0v) is 8.69. The summed E-state index contributed by atoms with van der Waals surface area (Å²) in [7, 11) is 0. The van der Waals surface area contributed by atoms with Crippen LogP contribution in [0.5, 0.6) is 0 Å². The molecule has 0 radical (unpaired) electrons. The topological polar surface area (TPSA) is 63.3 Å². The highest BCUT2D eigenvalue weighted by atomic mass is 32.1. The molecule has 0 fully saturated rings. The first-order valence-corrected chi connectivity index (χ1v) is 5.59. The fraction of sp³-hybridized carbons (Fsp3) is 0. The van der Waals surface area contributed by atoms with Crippen LogP contribution in [0.15, 0.2) is 22.9 Å². The molecule has 0 saturated heterocycles. The Labute approximate surface area is 88.4 Å². The second-order valence-electron chi connectivity index (χ2n) is 2.71. The van der Waals surface area contributed by atoms with Gasteiger partial charge in [-0.3, -0.25) is 0 Å². The molecule has 2 aromatic rings. The lowest BCUT2D eigenvalue weighted by Gasteiger charge is -1.87. The average Bonchev–Trinajstić information content (AvgIpc) is 2.70. The van der Waals surface area contributed by atoms with Crippen LogP contribution in [0.25, 0.3) is 10.4 Å². The van der Waals surface area contributed by atoms with E-state index in [2.05, 4.69) is 0 Å². The number of hydrogen-bond donors (Lipinski definition) is 2. The molecule has 0 unspecified atom stereocenters. The number of nitrogen functional groups attached to an aromatic ring is 1. The van der Waals surface area contributed by atoms with Crippen LogP contribution in [0, 0.1) is 0 Å². The lowest BCUT2D eigenvalue weighted by Crippen LogP contribution is -1.96. The maximum atomic E-state index is 10.7. The van der Waals surface area contributed by atoms with Crippen LogP contribution in [0.3, 0.4) is 0 Å². The Bertz CT molecular complexity index is 459. The maximum Gasteiger partial charge on any atom is 0.348 e. The van der Waals surface area contributed by atoms with E-state index < -0.39 is 5.97 Å². The molecule has 72 valence electrons. The molecule has 0 aliphatic heterocycles. The van der Waals surface area contributed by atoms with E-state index in [1.165, 1.54) is 11.3 Å². The van der Waals surface area contributed by atoms with Gasteiger partial charge in [-0.2, -0.15) is 11.3 Å². The second kappa shape index (κ2) is 3.43. The number of thiophene rings is 2. The third-order valence-corrected chi connectivity index (χ3v) is 3.63. The summed E-state index contributed by atoms with van der Waals surface area (Å²) in [6, 6.07) is 3.65. The molecule has 2 rings (SSSR count). The first-order valence-electron chi connectivity index (χ1n) is 3.83. The molecule has 2 heterocycles. The van der Waals surface area contributed by atoms with Gasteiger partial charge in [0.05, 0.1) is 5.69 Å². The number of anilines is 1. The molecular weight excluding hydrogens is 218 g/mol. The van der Waals surface area contributed by atoms with E-state index >= 15 is 0 Å². The van der Waals surface area contributed by atoms with Gasteiger partial charge in [-0.25, -0.2) is 4.79 Å². The number of carbonyl (C=O) groups is 1. The van der Waals surface area contributed by atoms with E-state index in [0.29, 0.717) is 5.69 Å². The smallest absolute Gasteiger partial charge is 0.348 e. The Balaban J connectivity index is 2.48. The van der Waals surface area contributed by atoms with Gasteiger partial charge in [0.2, 0.25) is 0 Å². The third-order valence-electron chi connectivity index (χ3n) is 1.76. The number of carboxylic acids is 1. The van der Waals surface area contributed by atoms with Crippen molar-refractivity contribution >= 4 is 34.3 Å². The Kier molecular flexibility index (Phi) is 2.26. The standard InChI is InChI=1S/C9H7NO2S2/c10-6-3-7(5-1-2-13-4-5)14-8(6)9(11)12/h1-4H,10H2,(H,11,12). The predicted molar refractivity (Wildman–Crippen MR) is 59.0 cm³/mol. The Morgan fingerprint density at radius 3 is 2.79 bits per heavy atom. The third kappa shape index (κ3) is 1.51. The summed E-state index contributed by atoms with van der Waals surface area (Å²) in [6.45, 7) is 0. The zero-order valence-electron chi connectivity index (χ0n) is 7.06. The van der Waals surface area contributed by atoms with Crippen molar-refractivity contribution in [1.82, 2.24) is 0 Å². The highest BCUT2D eigenvalue weighted by Crippen LogP contribution is 2.34. The van der Waals surface area contributed by atoms with E-state index in [0.717, 1.165) is 10.4 Å². The van der Waals surface area contributed by atoms with Gasteiger partial charge in [0.1, 0.15) is 4.88 Å². The molecule has 5 heteroatoms. The first-order chi connectivity index (χ1) is 6.68. The number of aromatic carboxylic acids is 1. The van der Waals surface area contributed by atoms with E-state index in [-0.39, 0.29) is 4.88 Å². The van der Waals surface area contributed by atoms with Gasteiger partial charge in [-0.1, -0.05) is 0 Å². The van der Waals surface area contributed by atoms with Crippen molar-refractivity contribution in [3.05, 3.63) is 27.8 Å². The number of nitrogens with two attached hydrogens (primary N) is 1. The molecular formula is C9H7NO2S2.